The van der Waals surface area contributed by atoms with E-state index in [1.807, 2.05) is 0 Å². The Kier molecular flexibility index (Phi) is 9.01. The molecular formula is C23H17F6N4NaO3S. The first-order valence-corrected chi connectivity index (χ1v) is 12.1. The summed E-state index contributed by atoms with van der Waals surface area (Å²) in [6.07, 6.45) is -4.20. The maximum Gasteiger partial charge on any atom is 1.00 e. The molecule has 7 nitrogen and oxygen atoms in total. The van der Waals surface area contributed by atoms with Gasteiger partial charge in [0.25, 0.3) is 0 Å². The number of alkyl halides is 3. The van der Waals surface area contributed by atoms with Crippen LogP contribution >= 0.6 is 0 Å². The van der Waals surface area contributed by atoms with Crippen LogP contribution in [0, 0.1) is 17.5 Å². The molecule has 2 aromatic carbocycles. The number of hydrogen-bond donors (Lipinski definition) is 0. The van der Waals surface area contributed by atoms with Crippen molar-refractivity contribution in [3.63, 3.8) is 0 Å². The molecule has 0 atom stereocenters. The second-order valence-electron chi connectivity index (χ2n) is 7.98. The van der Waals surface area contributed by atoms with Gasteiger partial charge in [-0.1, -0.05) is 0 Å². The Bertz CT molecular complexity index is 1430. The number of sulfonamides is 1. The fraction of sp³-hybridized carbons (Fsp3) is 0.217. The summed E-state index contributed by atoms with van der Waals surface area (Å²) in [6.45, 7) is 1.49. The van der Waals surface area contributed by atoms with E-state index >= 15 is 0 Å². The topological polar surface area (TPSA) is 84.7 Å². The Balaban J connectivity index is 0.00000400. The number of piperazine rings is 1. The van der Waals surface area contributed by atoms with Crippen LogP contribution in [0.2, 0.25) is 0 Å². The van der Waals surface area contributed by atoms with Crippen LogP contribution in [-0.4, -0.2) is 45.5 Å². The zero-order valence-electron chi connectivity index (χ0n) is 19.7. The molecule has 0 spiro atoms. The molecule has 0 radical (unpaired) electrons. The second-order valence-corrected chi connectivity index (χ2v) is 9.59. The minimum Gasteiger partial charge on any atom is -0.537 e. The van der Waals surface area contributed by atoms with Crippen LogP contribution in [0.15, 0.2) is 59.6 Å². The smallest absolute Gasteiger partial charge is 0.537 e. The summed E-state index contributed by atoms with van der Waals surface area (Å²) in [5.41, 5.74) is -2.52. The van der Waals surface area contributed by atoms with Gasteiger partial charge >= 0.3 is 35.7 Å². The molecule has 1 amide bonds. The molecule has 4 rings (SSSR count). The summed E-state index contributed by atoms with van der Waals surface area (Å²) in [6, 6.07) is 6.89. The van der Waals surface area contributed by atoms with Gasteiger partial charge in [-0.3, -0.25) is 0 Å². The summed E-state index contributed by atoms with van der Waals surface area (Å²) < 4.78 is 108. The number of anilines is 2. The monoisotopic (exact) mass is 566 g/mol. The molecule has 1 saturated heterocycles. The molecule has 0 aliphatic carbocycles. The predicted octanol–water partition coefficient (Wildman–Crippen LogP) is 1.75. The Morgan fingerprint density at radius 1 is 0.868 bits per heavy atom. The number of halogens is 6. The van der Waals surface area contributed by atoms with E-state index in [-0.39, 0.29) is 41.3 Å². The first-order chi connectivity index (χ1) is 17.3. The van der Waals surface area contributed by atoms with Gasteiger partial charge in [-0.05, 0) is 42.5 Å². The molecule has 0 N–H and O–H groups in total. The van der Waals surface area contributed by atoms with Crippen molar-refractivity contribution in [2.45, 2.75) is 11.1 Å². The summed E-state index contributed by atoms with van der Waals surface area (Å²) in [5, 5.41) is 0. The third kappa shape index (κ3) is 6.60. The molecule has 1 aliphatic heterocycles. The fourth-order valence-electron chi connectivity index (χ4n) is 3.77. The molecule has 0 saturated carbocycles. The van der Waals surface area contributed by atoms with Gasteiger partial charge in [-0.25, -0.2) is 26.6 Å². The van der Waals surface area contributed by atoms with Gasteiger partial charge in [-0.15, -0.1) is 0 Å². The zero-order valence-corrected chi connectivity index (χ0v) is 22.5. The van der Waals surface area contributed by atoms with Crippen molar-refractivity contribution in [2.75, 3.05) is 36.0 Å². The van der Waals surface area contributed by atoms with E-state index < -0.39 is 55.6 Å². The number of pyridine rings is 1. The molecular weight excluding hydrogens is 549 g/mol. The molecule has 3 aromatic rings. The summed E-state index contributed by atoms with van der Waals surface area (Å²) in [5.74, 6) is -3.98. The third-order valence-corrected chi connectivity index (χ3v) is 6.84. The number of aromatic nitrogens is 1. The molecule has 15 heteroatoms. The SMILES string of the molecule is O=C([N-]S(=O)(=O)c1ccc(N2CCN(c3ccc(F)cc3F)CC2)nc1)c1ccc(F)cc1C(F)(F)F.[Na+]. The first-order valence-electron chi connectivity index (χ1n) is 10.7. The van der Waals surface area contributed by atoms with Gasteiger partial charge in [0.05, 0.1) is 22.1 Å². The Morgan fingerprint density at radius 2 is 1.47 bits per heavy atom. The third-order valence-electron chi connectivity index (χ3n) is 5.59. The molecule has 1 fully saturated rings. The van der Waals surface area contributed by atoms with Crippen molar-refractivity contribution in [1.29, 1.82) is 0 Å². The number of hydrogen-bond acceptors (Lipinski definition) is 6. The maximum absolute atomic E-state index is 14.0. The van der Waals surface area contributed by atoms with Crippen LogP contribution in [0.3, 0.4) is 0 Å². The largest absolute Gasteiger partial charge is 1.00 e. The van der Waals surface area contributed by atoms with Crippen molar-refractivity contribution >= 4 is 27.4 Å². The van der Waals surface area contributed by atoms with E-state index in [0.29, 0.717) is 44.1 Å². The van der Waals surface area contributed by atoms with Crippen LogP contribution in [0.25, 0.3) is 4.72 Å². The number of amides is 1. The van der Waals surface area contributed by atoms with Gasteiger partial charge < -0.3 is 19.3 Å². The Morgan fingerprint density at radius 3 is 2.05 bits per heavy atom. The predicted molar refractivity (Wildman–Crippen MR) is 121 cm³/mol. The summed E-state index contributed by atoms with van der Waals surface area (Å²) in [4.78, 5) is 19.3. The average Bonchev–Trinajstić information content (AvgIpc) is 2.83. The summed E-state index contributed by atoms with van der Waals surface area (Å²) in [7, 11) is -4.73. The zero-order chi connectivity index (χ0) is 27.0. The second kappa shape index (κ2) is 11.5. The molecule has 2 heterocycles. The minimum absolute atomic E-state index is 0. The first kappa shape index (κ1) is 29.7. The molecule has 196 valence electrons. The number of carbonyl (C=O) groups is 1. The van der Waals surface area contributed by atoms with Crippen molar-refractivity contribution in [1.82, 2.24) is 4.98 Å². The molecule has 0 unspecified atom stereocenters. The van der Waals surface area contributed by atoms with Crippen LogP contribution < -0.4 is 39.4 Å². The Hall–Kier alpha value is -2.81. The Labute approximate surface area is 235 Å². The number of benzene rings is 2. The fourth-order valence-corrected chi connectivity index (χ4v) is 4.62. The molecule has 1 aromatic heterocycles. The van der Waals surface area contributed by atoms with Crippen molar-refractivity contribution < 1.29 is 69.1 Å². The van der Waals surface area contributed by atoms with Crippen molar-refractivity contribution in [3.05, 3.63) is 88.0 Å². The van der Waals surface area contributed by atoms with Gasteiger partial charge in [0, 0.05) is 44.0 Å². The van der Waals surface area contributed by atoms with Gasteiger partial charge in [0.1, 0.15) is 33.3 Å². The van der Waals surface area contributed by atoms with Crippen molar-refractivity contribution in [2.24, 2.45) is 0 Å². The van der Waals surface area contributed by atoms with E-state index in [9.17, 15) is 39.6 Å². The molecule has 1 aliphatic rings. The number of nitrogens with zero attached hydrogens (tertiary/aromatic N) is 4. The van der Waals surface area contributed by atoms with Gasteiger partial charge in [0.15, 0.2) is 0 Å². The van der Waals surface area contributed by atoms with Gasteiger partial charge in [-0.2, -0.15) is 13.2 Å². The minimum atomic E-state index is -5.11. The van der Waals surface area contributed by atoms with E-state index in [1.165, 1.54) is 12.1 Å². The van der Waals surface area contributed by atoms with Crippen molar-refractivity contribution in [3.8, 4) is 0 Å². The van der Waals surface area contributed by atoms with Crippen LogP contribution in [-0.2, 0) is 16.2 Å². The molecule has 38 heavy (non-hydrogen) atoms. The van der Waals surface area contributed by atoms with E-state index in [2.05, 4.69) is 9.71 Å². The average molecular weight is 566 g/mol. The van der Waals surface area contributed by atoms with Crippen LogP contribution in [0.1, 0.15) is 15.9 Å². The number of carbonyl (C=O) groups excluding carboxylic acids is 1. The van der Waals surface area contributed by atoms with E-state index in [1.54, 1.807) is 9.80 Å². The summed E-state index contributed by atoms with van der Waals surface area (Å²) >= 11 is 0. The van der Waals surface area contributed by atoms with E-state index in [0.717, 1.165) is 24.4 Å². The quantitative estimate of drug-likeness (QED) is 0.346. The maximum atomic E-state index is 14.0. The normalized spacial score (nSPS) is 14.2. The standard InChI is InChI=1S/C23H18F6N4O3S.Na/c24-14-1-4-17(18(11-14)23(27,28)29)22(34)31-37(35,36)16-3-6-21(30-13-16)33-9-7-32(8-10-33)20-5-2-15(25)12-19(20)26;/h1-6,11-13H,7-10H2,(H,31,34);/q;+1/p-1. The van der Waals surface area contributed by atoms with E-state index in [4.69, 9.17) is 0 Å². The van der Waals surface area contributed by atoms with Gasteiger partial charge in [0.2, 0.25) is 0 Å². The molecule has 0 bridgehead atoms. The van der Waals surface area contributed by atoms with Crippen LogP contribution in [0.4, 0.5) is 37.8 Å². The van der Waals surface area contributed by atoms with Crippen LogP contribution in [0.5, 0.6) is 0 Å². The number of rotatable bonds is 5.